The Morgan fingerprint density at radius 3 is 1.14 bits per heavy atom. The van der Waals surface area contributed by atoms with Crippen molar-refractivity contribution in [3.05, 3.63) is 133 Å². The Bertz CT molecular complexity index is 1130. The second-order valence-electron chi connectivity index (χ2n) is 7.88. The van der Waals surface area contributed by atoms with Crippen LogP contribution in [0.2, 0.25) is 0 Å². The summed E-state index contributed by atoms with van der Waals surface area (Å²) in [6, 6.07) is 41.9. The van der Waals surface area contributed by atoms with E-state index in [0.717, 1.165) is 11.7 Å². The molecule has 184 valence electrons. The van der Waals surface area contributed by atoms with Crippen LogP contribution in [0.25, 0.3) is 6.08 Å². The van der Waals surface area contributed by atoms with Crippen LogP contribution >= 0.6 is 15.1 Å². The first-order valence-corrected chi connectivity index (χ1v) is 14.6. The van der Waals surface area contributed by atoms with E-state index in [-0.39, 0.29) is 0 Å². The standard InChI is InChI=1S/C27H24P.F6P/c1-2-23-18-20-24(21-19-23)22-28(25-12-6-3-7-13-25,26-14-8-4-9-15-26)27-16-10-5-11-17-27;1-7(2,3,4,5)6/h2-21H,1,22H2;/q+1;-1. The molecule has 0 saturated heterocycles. The first-order chi connectivity index (χ1) is 16.3. The molecule has 0 aliphatic carbocycles. The van der Waals surface area contributed by atoms with Gasteiger partial charge in [0.1, 0.15) is 23.2 Å². The van der Waals surface area contributed by atoms with Gasteiger partial charge >= 0.3 is 33.0 Å². The zero-order chi connectivity index (χ0) is 25.6. The van der Waals surface area contributed by atoms with Crippen LogP contribution in [0.4, 0.5) is 25.2 Å². The van der Waals surface area contributed by atoms with Crippen molar-refractivity contribution in [1.82, 2.24) is 0 Å². The zero-order valence-electron chi connectivity index (χ0n) is 18.6. The van der Waals surface area contributed by atoms with Gasteiger partial charge in [0.25, 0.3) is 0 Å². The van der Waals surface area contributed by atoms with Crippen molar-refractivity contribution in [1.29, 1.82) is 0 Å². The van der Waals surface area contributed by atoms with Gasteiger partial charge in [-0.05, 0) is 47.5 Å². The molecule has 0 fully saturated rings. The van der Waals surface area contributed by atoms with Gasteiger partial charge in [-0.2, -0.15) is 0 Å². The van der Waals surface area contributed by atoms with Crippen molar-refractivity contribution in [3.63, 3.8) is 0 Å². The molecule has 0 aliphatic heterocycles. The quantitative estimate of drug-likeness (QED) is 0.174. The number of benzene rings is 4. The van der Waals surface area contributed by atoms with Crippen LogP contribution in [0.3, 0.4) is 0 Å². The molecule has 0 atom stereocenters. The molecule has 0 saturated carbocycles. The van der Waals surface area contributed by atoms with Crippen molar-refractivity contribution in [2.24, 2.45) is 0 Å². The summed E-state index contributed by atoms with van der Waals surface area (Å²) in [6.45, 7) is 3.88. The summed E-state index contributed by atoms with van der Waals surface area (Å²) in [5.74, 6) is 0. The molecule has 0 aromatic heterocycles. The summed E-state index contributed by atoms with van der Waals surface area (Å²) in [6.07, 6.45) is 2.90. The molecule has 8 heteroatoms. The van der Waals surface area contributed by atoms with Crippen LogP contribution in [0.5, 0.6) is 0 Å². The summed E-state index contributed by atoms with van der Waals surface area (Å²) >= 11 is 0. The fourth-order valence-electron chi connectivity index (χ4n) is 3.80. The first kappa shape index (κ1) is 26.7. The Morgan fingerprint density at radius 2 is 0.857 bits per heavy atom. The van der Waals surface area contributed by atoms with Crippen LogP contribution < -0.4 is 15.9 Å². The van der Waals surface area contributed by atoms with E-state index in [1.54, 1.807) is 0 Å². The number of hydrogen-bond acceptors (Lipinski definition) is 0. The van der Waals surface area contributed by atoms with Gasteiger partial charge in [-0.15, -0.1) is 0 Å². The summed E-state index contributed by atoms with van der Waals surface area (Å²) in [7, 11) is -12.5. The third-order valence-corrected chi connectivity index (χ3v) is 9.60. The van der Waals surface area contributed by atoms with E-state index < -0.39 is 15.1 Å². The van der Waals surface area contributed by atoms with Crippen molar-refractivity contribution in [2.75, 3.05) is 0 Å². The Balaban J connectivity index is 0.000000429. The van der Waals surface area contributed by atoms with Crippen LogP contribution in [-0.2, 0) is 6.16 Å². The molecule has 0 spiro atoms. The minimum atomic E-state index is -10.7. The molecule has 4 aromatic carbocycles. The number of hydrogen-bond donors (Lipinski definition) is 0. The van der Waals surface area contributed by atoms with E-state index in [1.165, 1.54) is 21.5 Å². The van der Waals surface area contributed by atoms with Gasteiger partial charge in [0.05, 0.1) is 6.16 Å². The molecule has 4 rings (SSSR count). The number of rotatable bonds is 6. The van der Waals surface area contributed by atoms with Crippen LogP contribution in [0.15, 0.2) is 122 Å². The van der Waals surface area contributed by atoms with E-state index >= 15 is 0 Å². The zero-order valence-corrected chi connectivity index (χ0v) is 20.4. The van der Waals surface area contributed by atoms with Crippen LogP contribution in [0.1, 0.15) is 11.1 Å². The van der Waals surface area contributed by atoms with E-state index in [9.17, 15) is 25.2 Å². The molecule has 35 heavy (non-hydrogen) atoms. The molecule has 0 radical (unpaired) electrons. The third kappa shape index (κ3) is 8.35. The van der Waals surface area contributed by atoms with E-state index in [4.69, 9.17) is 0 Å². The molecule has 0 aliphatic rings. The predicted octanol–water partition coefficient (Wildman–Crippen LogP) is 9.21. The predicted molar refractivity (Wildman–Crippen MR) is 139 cm³/mol. The fraction of sp³-hybridized carbons (Fsp3) is 0.0370. The average Bonchev–Trinajstić information content (AvgIpc) is 2.83. The summed E-state index contributed by atoms with van der Waals surface area (Å²) in [5.41, 5.74) is 2.52. The van der Waals surface area contributed by atoms with Crippen molar-refractivity contribution in [3.8, 4) is 0 Å². The SMILES string of the molecule is C=Cc1ccc(C[P+](c2ccccc2)(c2ccccc2)c2ccccc2)cc1.F[P-](F)(F)(F)(F)F. The van der Waals surface area contributed by atoms with E-state index in [2.05, 4.69) is 122 Å². The van der Waals surface area contributed by atoms with Crippen molar-refractivity contribution < 1.29 is 25.2 Å². The van der Waals surface area contributed by atoms with Gasteiger partial charge in [-0.3, -0.25) is 0 Å². The summed E-state index contributed by atoms with van der Waals surface area (Å²) in [4.78, 5) is 0. The Hall–Kier alpha value is -2.94. The Morgan fingerprint density at radius 1 is 0.543 bits per heavy atom. The van der Waals surface area contributed by atoms with Gasteiger partial charge in [-0.25, -0.2) is 0 Å². The normalized spacial score (nSPS) is 13.5. The molecule has 0 amide bonds. The molecule has 4 aromatic rings. The maximum atomic E-state index is 9.87. The van der Waals surface area contributed by atoms with Gasteiger partial charge < -0.3 is 0 Å². The molecule has 0 N–H and O–H groups in total. The van der Waals surface area contributed by atoms with Gasteiger partial charge in [-0.1, -0.05) is 91.5 Å². The fourth-order valence-corrected chi connectivity index (χ4v) is 8.05. The molecule has 0 unspecified atom stereocenters. The molecule has 0 heterocycles. The van der Waals surface area contributed by atoms with Crippen molar-refractivity contribution in [2.45, 2.75) is 6.16 Å². The number of halogens is 6. The van der Waals surface area contributed by atoms with E-state index in [1.807, 2.05) is 6.08 Å². The Kier molecular flexibility index (Phi) is 7.32. The Labute approximate surface area is 201 Å². The van der Waals surface area contributed by atoms with Gasteiger partial charge in [0, 0.05) is 0 Å². The van der Waals surface area contributed by atoms with Crippen LogP contribution in [0, 0.1) is 0 Å². The maximum absolute atomic E-state index is 10.7. The summed E-state index contributed by atoms with van der Waals surface area (Å²) < 4.78 is 59.2. The molecule has 0 nitrogen and oxygen atoms in total. The molecule has 0 bridgehead atoms. The van der Waals surface area contributed by atoms with E-state index in [0.29, 0.717) is 0 Å². The van der Waals surface area contributed by atoms with Gasteiger partial charge in [0.2, 0.25) is 0 Å². The van der Waals surface area contributed by atoms with Gasteiger partial charge in [0.15, 0.2) is 0 Å². The average molecular weight is 524 g/mol. The monoisotopic (exact) mass is 524 g/mol. The topological polar surface area (TPSA) is 0 Å². The molecular formula is C27H24F6P2. The summed E-state index contributed by atoms with van der Waals surface area (Å²) in [5, 5.41) is 4.25. The molecular weight excluding hydrogens is 500 g/mol. The first-order valence-electron chi connectivity index (χ1n) is 10.6. The second kappa shape index (κ2) is 9.60. The second-order valence-corrected chi connectivity index (χ2v) is 13.3. The minimum absolute atomic E-state index is 1.00. The van der Waals surface area contributed by atoms with Crippen molar-refractivity contribution >= 4 is 37.1 Å². The van der Waals surface area contributed by atoms with Crippen LogP contribution in [-0.4, -0.2) is 0 Å². The third-order valence-electron chi connectivity index (χ3n) is 5.23.